The van der Waals surface area contributed by atoms with Gasteiger partial charge in [0, 0.05) is 6.54 Å². The van der Waals surface area contributed by atoms with Crippen LogP contribution in [0.5, 0.6) is 5.75 Å². The van der Waals surface area contributed by atoms with Crippen LogP contribution in [0.3, 0.4) is 0 Å². The second-order valence-corrected chi connectivity index (χ2v) is 7.66. The highest BCUT2D eigenvalue weighted by atomic mass is 32.2. The molecule has 1 N–H and O–H groups in total. The second kappa shape index (κ2) is 8.03. The van der Waals surface area contributed by atoms with Gasteiger partial charge in [-0.3, -0.25) is 9.36 Å². The minimum absolute atomic E-state index is 0.159. The molecule has 28 heavy (non-hydrogen) atoms. The summed E-state index contributed by atoms with van der Waals surface area (Å²) in [5.74, 6) is 2.02. The molecular weight excluding hydrogens is 398 g/mol. The molecule has 3 heterocycles. The normalized spacial score (nSPS) is 11.1. The summed E-state index contributed by atoms with van der Waals surface area (Å²) in [6.45, 7) is 2.67. The van der Waals surface area contributed by atoms with Crippen molar-refractivity contribution in [2.45, 2.75) is 18.6 Å². The van der Waals surface area contributed by atoms with E-state index >= 15 is 0 Å². The van der Waals surface area contributed by atoms with E-state index in [-0.39, 0.29) is 11.7 Å². The number of ether oxygens (including phenoxy) is 1. The molecule has 0 atom stereocenters. The molecule has 0 spiro atoms. The van der Waals surface area contributed by atoms with Crippen LogP contribution in [0.4, 0.5) is 5.13 Å². The number of hydrogen-bond donors (Lipinski definition) is 1. The Bertz CT molecular complexity index is 1100. The molecule has 0 saturated heterocycles. The minimum atomic E-state index is -0.159. The molecule has 0 bridgehead atoms. The van der Waals surface area contributed by atoms with Crippen molar-refractivity contribution < 1.29 is 13.9 Å². The number of para-hydroxylation sites is 1. The van der Waals surface area contributed by atoms with Gasteiger partial charge in [0.15, 0.2) is 21.9 Å². The summed E-state index contributed by atoms with van der Waals surface area (Å²) < 4.78 is 13.6. The maximum atomic E-state index is 12.4. The van der Waals surface area contributed by atoms with Gasteiger partial charge in [0.1, 0.15) is 11.3 Å². The molecule has 4 rings (SSSR count). The van der Waals surface area contributed by atoms with E-state index in [1.54, 1.807) is 19.4 Å². The number of furan rings is 1. The van der Waals surface area contributed by atoms with Crippen LogP contribution in [0.2, 0.25) is 0 Å². The molecule has 0 aliphatic heterocycles. The summed E-state index contributed by atoms with van der Waals surface area (Å²) in [6.07, 6.45) is 1.59. The van der Waals surface area contributed by atoms with Crippen LogP contribution in [0, 0.1) is 0 Å². The summed E-state index contributed by atoms with van der Waals surface area (Å²) in [4.78, 5) is 16.8. The number of anilines is 1. The van der Waals surface area contributed by atoms with Crippen molar-refractivity contribution in [1.29, 1.82) is 0 Å². The summed E-state index contributed by atoms with van der Waals surface area (Å²) in [5.41, 5.74) is 0.742. The number of carbonyl (C=O) groups is 1. The van der Waals surface area contributed by atoms with Crippen molar-refractivity contribution in [1.82, 2.24) is 19.7 Å². The van der Waals surface area contributed by atoms with E-state index in [1.807, 2.05) is 35.8 Å². The van der Waals surface area contributed by atoms with Crippen molar-refractivity contribution in [3.05, 3.63) is 36.6 Å². The van der Waals surface area contributed by atoms with Crippen LogP contribution >= 0.6 is 23.1 Å². The number of nitrogens with zero attached hydrogens (tertiary/aromatic N) is 4. The number of benzene rings is 1. The number of thioether (sulfide) groups is 1. The Hall–Kier alpha value is -2.85. The van der Waals surface area contributed by atoms with Crippen molar-refractivity contribution in [3.8, 4) is 17.3 Å². The first kappa shape index (κ1) is 18.5. The zero-order valence-electron chi connectivity index (χ0n) is 15.2. The molecule has 0 aliphatic rings. The number of thiazole rings is 1. The fourth-order valence-electron chi connectivity index (χ4n) is 2.70. The zero-order chi connectivity index (χ0) is 19.5. The van der Waals surface area contributed by atoms with E-state index in [2.05, 4.69) is 20.5 Å². The number of rotatable bonds is 7. The highest BCUT2D eigenvalue weighted by molar-refractivity contribution is 7.99. The van der Waals surface area contributed by atoms with Gasteiger partial charge in [-0.05, 0) is 31.2 Å². The molecular formula is C18H17N5O3S2. The summed E-state index contributed by atoms with van der Waals surface area (Å²) >= 11 is 2.73. The van der Waals surface area contributed by atoms with E-state index in [9.17, 15) is 4.79 Å². The quantitative estimate of drug-likeness (QED) is 0.457. The molecule has 144 valence electrons. The second-order valence-electron chi connectivity index (χ2n) is 5.69. The highest BCUT2D eigenvalue weighted by Crippen LogP contribution is 2.32. The Morgan fingerprint density at radius 3 is 2.96 bits per heavy atom. The first-order valence-corrected chi connectivity index (χ1v) is 10.3. The molecule has 0 fully saturated rings. The Balaban J connectivity index is 1.44. The number of fused-ring (bicyclic) bond motifs is 1. The minimum Gasteiger partial charge on any atom is -0.494 e. The molecule has 4 aromatic rings. The predicted octanol–water partition coefficient (Wildman–Crippen LogP) is 3.91. The molecule has 1 aromatic carbocycles. The number of hydrogen-bond acceptors (Lipinski definition) is 8. The first-order valence-electron chi connectivity index (χ1n) is 8.53. The van der Waals surface area contributed by atoms with Gasteiger partial charge in [0.25, 0.3) is 0 Å². The molecule has 0 unspecified atom stereocenters. The van der Waals surface area contributed by atoms with E-state index < -0.39 is 0 Å². The monoisotopic (exact) mass is 415 g/mol. The smallest absolute Gasteiger partial charge is 0.236 e. The van der Waals surface area contributed by atoms with Gasteiger partial charge in [-0.15, -0.1) is 10.2 Å². The third-order valence-electron chi connectivity index (χ3n) is 3.96. The third kappa shape index (κ3) is 3.60. The first-order chi connectivity index (χ1) is 13.7. The van der Waals surface area contributed by atoms with Crippen LogP contribution in [-0.4, -0.2) is 38.5 Å². The number of nitrogens with one attached hydrogen (secondary N) is 1. The molecule has 0 aliphatic carbocycles. The lowest BCUT2D eigenvalue weighted by Crippen LogP contribution is -2.14. The lowest BCUT2D eigenvalue weighted by molar-refractivity contribution is -0.113. The van der Waals surface area contributed by atoms with E-state index in [4.69, 9.17) is 9.15 Å². The topological polar surface area (TPSA) is 95.1 Å². The van der Waals surface area contributed by atoms with Crippen LogP contribution in [0.25, 0.3) is 21.8 Å². The lowest BCUT2D eigenvalue weighted by Gasteiger charge is -2.05. The zero-order valence-corrected chi connectivity index (χ0v) is 16.8. The molecule has 0 radical (unpaired) electrons. The summed E-state index contributed by atoms with van der Waals surface area (Å²) in [7, 11) is 1.60. The Morgan fingerprint density at radius 1 is 1.32 bits per heavy atom. The molecule has 1 amide bonds. The average molecular weight is 416 g/mol. The lowest BCUT2D eigenvalue weighted by atomic mass is 10.3. The van der Waals surface area contributed by atoms with Crippen LogP contribution < -0.4 is 10.1 Å². The highest BCUT2D eigenvalue weighted by Gasteiger charge is 2.17. The Kier molecular flexibility index (Phi) is 5.31. The van der Waals surface area contributed by atoms with Gasteiger partial charge in [-0.1, -0.05) is 29.2 Å². The van der Waals surface area contributed by atoms with Crippen molar-refractivity contribution >= 4 is 44.4 Å². The van der Waals surface area contributed by atoms with Gasteiger partial charge in [-0.2, -0.15) is 0 Å². The fourth-order valence-corrected chi connectivity index (χ4v) is 4.40. The van der Waals surface area contributed by atoms with Crippen molar-refractivity contribution in [3.63, 3.8) is 0 Å². The van der Waals surface area contributed by atoms with E-state index in [0.29, 0.717) is 34.2 Å². The molecule has 3 aromatic heterocycles. The van der Waals surface area contributed by atoms with Gasteiger partial charge in [0.05, 0.1) is 23.8 Å². The third-order valence-corrected chi connectivity index (χ3v) is 5.86. The molecule has 10 heteroatoms. The van der Waals surface area contributed by atoms with Crippen LogP contribution in [0.1, 0.15) is 6.92 Å². The van der Waals surface area contributed by atoms with Gasteiger partial charge < -0.3 is 14.5 Å². The maximum absolute atomic E-state index is 12.4. The number of aromatic nitrogens is 4. The molecule has 0 saturated carbocycles. The average Bonchev–Trinajstić information content (AvgIpc) is 3.43. The SMILES string of the molecule is CCn1c(SCC(=O)Nc2nc3c(OC)cccc3s2)nnc1-c1ccco1. The standard InChI is InChI=1S/C18H17N5O3S2/c1-3-23-16(12-7-5-9-26-12)21-22-18(23)27-10-14(24)19-17-20-15-11(25-2)6-4-8-13(15)28-17/h4-9H,3,10H2,1-2H3,(H,19,20,24). The largest absolute Gasteiger partial charge is 0.494 e. The Labute approximate surface area is 168 Å². The summed E-state index contributed by atoms with van der Waals surface area (Å²) in [5, 5.41) is 12.4. The van der Waals surface area contributed by atoms with Crippen LogP contribution in [-0.2, 0) is 11.3 Å². The maximum Gasteiger partial charge on any atom is 0.236 e. The van der Waals surface area contributed by atoms with Gasteiger partial charge in [-0.25, -0.2) is 4.98 Å². The predicted molar refractivity (Wildman–Crippen MR) is 109 cm³/mol. The number of carbonyl (C=O) groups excluding carboxylic acids is 1. The number of methoxy groups -OCH3 is 1. The Morgan fingerprint density at radius 2 is 2.21 bits per heavy atom. The van der Waals surface area contributed by atoms with Crippen LogP contribution in [0.15, 0.2) is 46.2 Å². The van der Waals surface area contributed by atoms with E-state index in [1.165, 1.54) is 23.1 Å². The summed E-state index contributed by atoms with van der Waals surface area (Å²) in [6, 6.07) is 9.32. The van der Waals surface area contributed by atoms with Gasteiger partial charge >= 0.3 is 0 Å². The fraction of sp³-hybridized carbons (Fsp3) is 0.222. The van der Waals surface area contributed by atoms with Gasteiger partial charge in [0.2, 0.25) is 5.91 Å². The number of amides is 1. The van der Waals surface area contributed by atoms with Crippen molar-refractivity contribution in [2.24, 2.45) is 0 Å². The molecule has 8 nitrogen and oxygen atoms in total. The van der Waals surface area contributed by atoms with E-state index in [0.717, 1.165) is 10.2 Å². The van der Waals surface area contributed by atoms with Crippen molar-refractivity contribution in [2.75, 3.05) is 18.2 Å².